The molecule has 0 nitrogen and oxygen atoms in total. The second-order valence-electron chi connectivity index (χ2n) is 3.92. The van der Waals surface area contributed by atoms with E-state index < -0.39 is 22.3 Å². The number of benzene rings is 2. The van der Waals surface area contributed by atoms with Crippen molar-refractivity contribution in [3.63, 3.8) is 0 Å². The topological polar surface area (TPSA) is 0 Å². The fraction of sp³-hybridized carbons (Fsp3) is 0.143. The van der Waals surface area contributed by atoms with Gasteiger partial charge in [0.25, 0.3) is 0 Å². The standard InChI is InChI=1S/C14H10BrF3S/c1-19-10-4-2-8(3-5-10)14(15)13-11(17)6-9(16)7-12(13)18/h2-7,14H,1H3. The molecule has 0 aliphatic rings. The number of thioether (sulfide) groups is 1. The van der Waals surface area contributed by atoms with Crippen molar-refractivity contribution in [1.29, 1.82) is 0 Å². The van der Waals surface area contributed by atoms with Gasteiger partial charge in [-0.25, -0.2) is 13.2 Å². The second-order valence-corrected chi connectivity index (χ2v) is 5.71. The van der Waals surface area contributed by atoms with Crippen molar-refractivity contribution in [3.8, 4) is 0 Å². The van der Waals surface area contributed by atoms with E-state index in [1.54, 1.807) is 23.9 Å². The van der Waals surface area contributed by atoms with E-state index in [1.165, 1.54) is 0 Å². The fourth-order valence-electron chi connectivity index (χ4n) is 1.74. The van der Waals surface area contributed by atoms with Crippen LogP contribution in [0.3, 0.4) is 0 Å². The van der Waals surface area contributed by atoms with Crippen molar-refractivity contribution in [1.82, 2.24) is 0 Å². The van der Waals surface area contributed by atoms with E-state index >= 15 is 0 Å². The van der Waals surface area contributed by atoms with Gasteiger partial charge in [0.15, 0.2) is 0 Å². The van der Waals surface area contributed by atoms with Crippen LogP contribution in [0.2, 0.25) is 0 Å². The molecule has 1 unspecified atom stereocenters. The molecule has 0 fully saturated rings. The first kappa shape index (κ1) is 14.5. The Bertz CT molecular complexity index is 561. The maximum absolute atomic E-state index is 13.7. The zero-order valence-corrected chi connectivity index (χ0v) is 12.4. The van der Waals surface area contributed by atoms with Crippen LogP contribution in [-0.2, 0) is 0 Å². The Morgan fingerprint density at radius 3 is 2.00 bits per heavy atom. The van der Waals surface area contributed by atoms with Crippen molar-refractivity contribution < 1.29 is 13.2 Å². The van der Waals surface area contributed by atoms with Crippen LogP contribution in [-0.4, -0.2) is 6.26 Å². The van der Waals surface area contributed by atoms with Crippen molar-refractivity contribution in [3.05, 3.63) is 65.0 Å². The highest BCUT2D eigenvalue weighted by atomic mass is 79.9. The predicted molar refractivity (Wildman–Crippen MR) is 75.3 cm³/mol. The zero-order valence-electron chi connectivity index (χ0n) is 9.96. The molecule has 2 aromatic carbocycles. The number of alkyl halides is 1. The molecule has 0 N–H and O–H groups in total. The summed E-state index contributed by atoms with van der Waals surface area (Å²) in [4.78, 5) is 0.410. The fourth-order valence-corrected chi connectivity index (χ4v) is 2.89. The van der Waals surface area contributed by atoms with Gasteiger partial charge in [-0.15, -0.1) is 11.8 Å². The van der Waals surface area contributed by atoms with E-state index in [9.17, 15) is 13.2 Å². The zero-order chi connectivity index (χ0) is 14.0. The predicted octanol–water partition coefficient (Wildman–Crippen LogP) is 5.31. The van der Waals surface area contributed by atoms with E-state index in [4.69, 9.17) is 0 Å². The van der Waals surface area contributed by atoms with E-state index in [1.807, 2.05) is 18.4 Å². The molecule has 5 heteroatoms. The lowest BCUT2D eigenvalue weighted by atomic mass is 10.0. The van der Waals surface area contributed by atoms with Crippen molar-refractivity contribution >= 4 is 27.7 Å². The van der Waals surface area contributed by atoms with Gasteiger partial charge in [0, 0.05) is 22.6 Å². The maximum atomic E-state index is 13.7. The minimum Gasteiger partial charge on any atom is -0.207 e. The number of rotatable bonds is 3. The first-order valence-corrected chi connectivity index (χ1v) is 7.59. The number of halogens is 4. The van der Waals surface area contributed by atoms with Gasteiger partial charge in [-0.2, -0.15) is 0 Å². The van der Waals surface area contributed by atoms with Gasteiger partial charge in [-0.1, -0.05) is 28.1 Å². The summed E-state index contributed by atoms with van der Waals surface area (Å²) in [5.41, 5.74) is 0.528. The Balaban J connectivity index is 2.40. The van der Waals surface area contributed by atoms with Crippen LogP contribution in [0.1, 0.15) is 16.0 Å². The third-order valence-corrected chi connectivity index (χ3v) is 4.44. The molecule has 0 aliphatic heterocycles. The second kappa shape index (κ2) is 6.01. The van der Waals surface area contributed by atoms with Gasteiger partial charge in [0.05, 0.1) is 4.83 Å². The first-order chi connectivity index (χ1) is 9.02. The minimum atomic E-state index is -0.920. The summed E-state index contributed by atoms with van der Waals surface area (Å²) >= 11 is 4.84. The summed E-state index contributed by atoms with van der Waals surface area (Å²) in [7, 11) is 0. The van der Waals surface area contributed by atoms with Crippen molar-refractivity contribution in [2.75, 3.05) is 6.26 Å². The van der Waals surface area contributed by atoms with E-state index in [2.05, 4.69) is 15.9 Å². The van der Waals surface area contributed by atoms with Gasteiger partial charge in [0.1, 0.15) is 17.5 Å². The van der Waals surface area contributed by atoms with E-state index in [0.29, 0.717) is 17.7 Å². The molecular weight excluding hydrogens is 337 g/mol. The van der Waals surface area contributed by atoms with Crippen LogP contribution in [0.25, 0.3) is 0 Å². The van der Waals surface area contributed by atoms with Gasteiger partial charge in [0.2, 0.25) is 0 Å². The highest BCUT2D eigenvalue weighted by Crippen LogP contribution is 2.35. The lowest BCUT2D eigenvalue weighted by Crippen LogP contribution is -2.01. The Labute approximate surface area is 122 Å². The summed E-state index contributed by atoms with van der Waals surface area (Å²) in [6.07, 6.45) is 1.94. The lowest BCUT2D eigenvalue weighted by Gasteiger charge is -2.13. The number of hydrogen-bond acceptors (Lipinski definition) is 1. The van der Waals surface area contributed by atoms with Gasteiger partial charge in [-0.3, -0.25) is 0 Å². The van der Waals surface area contributed by atoms with Crippen LogP contribution < -0.4 is 0 Å². The molecule has 0 saturated heterocycles. The van der Waals surface area contributed by atoms with E-state index in [0.717, 1.165) is 4.90 Å². The Hall–Kier alpha value is -0.940. The molecule has 0 saturated carbocycles. The van der Waals surface area contributed by atoms with Crippen LogP contribution >= 0.6 is 27.7 Å². The average molecular weight is 347 g/mol. The molecule has 0 radical (unpaired) electrons. The summed E-state index contributed by atoms with van der Waals surface area (Å²) in [5.74, 6) is -2.71. The summed E-state index contributed by atoms with van der Waals surface area (Å²) in [5, 5.41) is 0. The van der Waals surface area contributed by atoms with Crippen LogP contribution in [0.15, 0.2) is 41.3 Å². The molecule has 0 spiro atoms. The maximum Gasteiger partial charge on any atom is 0.133 e. The minimum absolute atomic E-state index is 0.182. The first-order valence-electron chi connectivity index (χ1n) is 5.45. The Morgan fingerprint density at radius 2 is 1.53 bits per heavy atom. The third kappa shape index (κ3) is 3.15. The third-order valence-electron chi connectivity index (χ3n) is 2.71. The summed E-state index contributed by atoms with van der Waals surface area (Å²) in [6.45, 7) is 0. The van der Waals surface area contributed by atoms with Gasteiger partial charge < -0.3 is 0 Å². The molecule has 0 aromatic heterocycles. The Morgan fingerprint density at radius 1 is 1.00 bits per heavy atom. The van der Waals surface area contributed by atoms with Gasteiger partial charge in [-0.05, 0) is 24.0 Å². The van der Waals surface area contributed by atoms with Crippen LogP contribution in [0.4, 0.5) is 13.2 Å². The molecule has 100 valence electrons. The molecule has 0 amide bonds. The molecule has 19 heavy (non-hydrogen) atoms. The SMILES string of the molecule is CSc1ccc(C(Br)c2c(F)cc(F)cc2F)cc1. The molecule has 0 bridgehead atoms. The highest BCUT2D eigenvalue weighted by Gasteiger charge is 2.20. The lowest BCUT2D eigenvalue weighted by molar-refractivity contribution is 0.527. The van der Waals surface area contributed by atoms with Crippen LogP contribution in [0.5, 0.6) is 0 Å². The van der Waals surface area contributed by atoms with Crippen molar-refractivity contribution in [2.24, 2.45) is 0 Å². The average Bonchev–Trinajstić information content (AvgIpc) is 2.37. The van der Waals surface area contributed by atoms with E-state index in [-0.39, 0.29) is 5.56 Å². The molecule has 2 rings (SSSR count). The molecular formula is C14H10BrF3S. The molecule has 0 heterocycles. The highest BCUT2D eigenvalue weighted by molar-refractivity contribution is 9.09. The quantitative estimate of drug-likeness (QED) is 0.536. The molecule has 0 aliphatic carbocycles. The summed E-state index contributed by atoms with van der Waals surface area (Å²) < 4.78 is 40.2. The normalized spacial score (nSPS) is 12.5. The Kier molecular flexibility index (Phi) is 4.58. The summed E-state index contributed by atoms with van der Waals surface area (Å²) in [6, 6.07) is 8.67. The molecule has 2 aromatic rings. The molecule has 1 atom stereocenters. The van der Waals surface area contributed by atoms with Crippen LogP contribution in [0, 0.1) is 17.5 Å². The largest absolute Gasteiger partial charge is 0.207 e. The van der Waals surface area contributed by atoms with Gasteiger partial charge >= 0.3 is 0 Å². The number of hydrogen-bond donors (Lipinski definition) is 0. The monoisotopic (exact) mass is 346 g/mol. The van der Waals surface area contributed by atoms with Crippen molar-refractivity contribution in [2.45, 2.75) is 9.72 Å². The smallest absolute Gasteiger partial charge is 0.133 e.